The third-order valence-electron chi connectivity index (χ3n) is 2.85. The van der Waals surface area contributed by atoms with Gasteiger partial charge in [-0.2, -0.15) is 0 Å². The highest BCUT2D eigenvalue weighted by molar-refractivity contribution is 5.41. The minimum absolute atomic E-state index is 0.279. The summed E-state index contributed by atoms with van der Waals surface area (Å²) in [6.07, 6.45) is 4.93. The van der Waals surface area contributed by atoms with Gasteiger partial charge in [-0.15, -0.1) is 0 Å². The minimum atomic E-state index is -0.279. The van der Waals surface area contributed by atoms with Crippen LogP contribution in [0.4, 0.5) is 0 Å². The molecule has 2 rings (SSSR count). The van der Waals surface area contributed by atoms with E-state index in [0.29, 0.717) is 6.54 Å². The summed E-state index contributed by atoms with van der Waals surface area (Å²) in [4.78, 5) is 19.6. The molecule has 0 spiro atoms. The van der Waals surface area contributed by atoms with Crippen molar-refractivity contribution >= 4 is 0 Å². The van der Waals surface area contributed by atoms with Gasteiger partial charge in [-0.3, -0.25) is 9.55 Å². The molecule has 0 unspecified atom stereocenters. The second-order valence-electron chi connectivity index (χ2n) is 4.08. The largest absolute Gasteiger partial charge is 0.496 e. The topological polar surface area (TPSA) is 57.0 Å². The van der Waals surface area contributed by atoms with Crippen molar-refractivity contribution in [1.29, 1.82) is 0 Å². The molecule has 0 aromatic carbocycles. The number of hydrogen-bond donors (Lipinski definition) is 0. The summed E-state index contributed by atoms with van der Waals surface area (Å²) in [5.41, 5.74) is 2.47. The summed E-state index contributed by atoms with van der Waals surface area (Å²) in [6, 6.07) is 1.72. The van der Waals surface area contributed by atoms with Crippen LogP contribution in [0.15, 0.2) is 29.5 Å². The van der Waals surface area contributed by atoms with E-state index < -0.39 is 0 Å². The second-order valence-corrected chi connectivity index (χ2v) is 4.08. The molecule has 0 saturated heterocycles. The zero-order valence-electron chi connectivity index (χ0n) is 10.7. The fourth-order valence-corrected chi connectivity index (χ4v) is 1.90. The summed E-state index contributed by atoms with van der Waals surface area (Å²) in [5.74, 6) is 0.817. The molecule has 0 aliphatic heterocycles. The van der Waals surface area contributed by atoms with E-state index in [4.69, 9.17) is 4.74 Å². The fourth-order valence-electron chi connectivity index (χ4n) is 1.90. The van der Waals surface area contributed by atoms with E-state index in [-0.39, 0.29) is 5.69 Å². The molecule has 0 N–H and O–H groups in total. The van der Waals surface area contributed by atoms with Gasteiger partial charge < -0.3 is 4.74 Å². The molecule has 94 valence electrons. The Bertz CT molecular complexity index is 620. The molecule has 5 nitrogen and oxygen atoms in total. The number of ether oxygens (including phenoxy) is 1. The standard InChI is InChI=1S/C13H15N3O2/c1-9-7-15-11(10(2)12(9)18-3)8-16-6-4-5-14-13(16)17/h4-7H,8H2,1-3H3. The molecule has 2 aromatic rings. The highest BCUT2D eigenvalue weighted by Crippen LogP contribution is 2.24. The molecule has 0 atom stereocenters. The lowest BCUT2D eigenvalue weighted by Gasteiger charge is -2.12. The SMILES string of the molecule is COc1c(C)cnc(Cn2cccnc2=O)c1C. The van der Waals surface area contributed by atoms with Crippen molar-refractivity contribution in [3.05, 3.63) is 52.0 Å². The maximum Gasteiger partial charge on any atom is 0.347 e. The highest BCUT2D eigenvalue weighted by atomic mass is 16.5. The first-order valence-corrected chi connectivity index (χ1v) is 5.64. The van der Waals surface area contributed by atoms with E-state index in [1.807, 2.05) is 13.8 Å². The first-order valence-electron chi connectivity index (χ1n) is 5.64. The van der Waals surface area contributed by atoms with Gasteiger partial charge in [0.15, 0.2) is 0 Å². The Morgan fingerprint density at radius 3 is 2.78 bits per heavy atom. The lowest BCUT2D eigenvalue weighted by molar-refractivity contribution is 0.406. The first-order chi connectivity index (χ1) is 8.63. The van der Waals surface area contributed by atoms with Crippen molar-refractivity contribution in [2.24, 2.45) is 0 Å². The molecule has 5 heteroatoms. The number of methoxy groups -OCH3 is 1. The summed E-state index contributed by atoms with van der Waals surface area (Å²) in [6.45, 7) is 4.28. The van der Waals surface area contributed by atoms with E-state index in [9.17, 15) is 4.79 Å². The predicted molar refractivity (Wildman–Crippen MR) is 67.9 cm³/mol. The van der Waals surface area contributed by atoms with E-state index >= 15 is 0 Å². The van der Waals surface area contributed by atoms with Crippen LogP contribution in [0, 0.1) is 13.8 Å². The van der Waals surface area contributed by atoms with Crippen molar-refractivity contribution in [3.8, 4) is 5.75 Å². The molecule has 18 heavy (non-hydrogen) atoms. The lowest BCUT2D eigenvalue weighted by atomic mass is 10.1. The first kappa shape index (κ1) is 12.3. The van der Waals surface area contributed by atoms with Gasteiger partial charge in [0.1, 0.15) is 5.75 Å². The fraction of sp³-hybridized carbons (Fsp3) is 0.308. The smallest absolute Gasteiger partial charge is 0.347 e. The Morgan fingerprint density at radius 1 is 1.33 bits per heavy atom. The normalized spacial score (nSPS) is 10.4. The van der Waals surface area contributed by atoms with Gasteiger partial charge in [0.25, 0.3) is 0 Å². The minimum Gasteiger partial charge on any atom is -0.496 e. The number of aromatic nitrogens is 3. The van der Waals surface area contributed by atoms with Crippen LogP contribution in [-0.4, -0.2) is 21.6 Å². The summed E-state index contributed by atoms with van der Waals surface area (Å²) in [5, 5.41) is 0. The highest BCUT2D eigenvalue weighted by Gasteiger charge is 2.10. The zero-order valence-corrected chi connectivity index (χ0v) is 10.7. The molecule has 2 aromatic heterocycles. The maximum absolute atomic E-state index is 11.5. The Balaban J connectivity index is 2.42. The van der Waals surface area contributed by atoms with Crippen molar-refractivity contribution in [3.63, 3.8) is 0 Å². The molecule has 0 aliphatic rings. The average Bonchev–Trinajstić information content (AvgIpc) is 2.36. The monoisotopic (exact) mass is 245 g/mol. The van der Waals surface area contributed by atoms with Gasteiger partial charge >= 0.3 is 5.69 Å². The van der Waals surface area contributed by atoms with Crippen LogP contribution in [0.2, 0.25) is 0 Å². The molecule has 0 saturated carbocycles. The Hall–Kier alpha value is -2.17. The number of pyridine rings is 1. The Kier molecular flexibility index (Phi) is 3.41. The van der Waals surface area contributed by atoms with E-state index in [1.54, 1.807) is 25.6 Å². The molecule has 2 heterocycles. The summed E-state index contributed by atoms with van der Waals surface area (Å²) < 4.78 is 6.86. The maximum atomic E-state index is 11.5. The Morgan fingerprint density at radius 2 is 2.11 bits per heavy atom. The van der Waals surface area contributed by atoms with Gasteiger partial charge in [-0.1, -0.05) is 0 Å². The molecule has 0 fully saturated rings. The summed E-state index contributed by atoms with van der Waals surface area (Å²) in [7, 11) is 1.63. The van der Waals surface area contributed by atoms with Gasteiger partial charge in [0, 0.05) is 29.7 Å². The van der Waals surface area contributed by atoms with Crippen LogP contribution in [0.3, 0.4) is 0 Å². The predicted octanol–water partition coefficient (Wildman–Crippen LogP) is 1.31. The van der Waals surface area contributed by atoms with Crippen LogP contribution in [0.25, 0.3) is 0 Å². The lowest BCUT2D eigenvalue weighted by Crippen LogP contribution is -2.22. The third-order valence-corrected chi connectivity index (χ3v) is 2.85. The van der Waals surface area contributed by atoms with Crippen LogP contribution in [0.1, 0.15) is 16.8 Å². The number of rotatable bonds is 3. The molecular weight excluding hydrogens is 230 g/mol. The number of aryl methyl sites for hydroxylation is 1. The molecular formula is C13H15N3O2. The van der Waals surface area contributed by atoms with Crippen molar-refractivity contribution in [2.75, 3.05) is 7.11 Å². The van der Waals surface area contributed by atoms with Crippen LogP contribution in [0.5, 0.6) is 5.75 Å². The average molecular weight is 245 g/mol. The molecule has 0 radical (unpaired) electrons. The zero-order chi connectivity index (χ0) is 13.1. The Labute approximate surface area is 105 Å². The molecule has 0 amide bonds. The van der Waals surface area contributed by atoms with Gasteiger partial charge in [-0.05, 0) is 19.9 Å². The second kappa shape index (κ2) is 5.00. The third kappa shape index (κ3) is 2.25. The van der Waals surface area contributed by atoms with Crippen molar-refractivity contribution < 1.29 is 4.74 Å². The summed E-state index contributed by atoms with van der Waals surface area (Å²) >= 11 is 0. The van der Waals surface area contributed by atoms with Crippen LogP contribution < -0.4 is 10.4 Å². The van der Waals surface area contributed by atoms with E-state index in [1.165, 1.54) is 10.8 Å². The number of hydrogen-bond acceptors (Lipinski definition) is 4. The van der Waals surface area contributed by atoms with Gasteiger partial charge in [0.2, 0.25) is 0 Å². The molecule has 0 aliphatic carbocycles. The molecule has 0 bridgehead atoms. The van der Waals surface area contributed by atoms with Gasteiger partial charge in [0.05, 0.1) is 19.3 Å². The van der Waals surface area contributed by atoms with Gasteiger partial charge in [-0.25, -0.2) is 9.78 Å². The van der Waals surface area contributed by atoms with E-state index in [2.05, 4.69) is 9.97 Å². The van der Waals surface area contributed by atoms with Crippen molar-refractivity contribution in [1.82, 2.24) is 14.5 Å². The van der Waals surface area contributed by atoms with Crippen molar-refractivity contribution in [2.45, 2.75) is 20.4 Å². The van der Waals surface area contributed by atoms with E-state index in [0.717, 1.165) is 22.6 Å². The quantitative estimate of drug-likeness (QED) is 0.818. The van der Waals surface area contributed by atoms with Crippen LogP contribution in [-0.2, 0) is 6.54 Å². The number of nitrogens with zero attached hydrogens (tertiary/aromatic N) is 3. The van der Waals surface area contributed by atoms with Crippen LogP contribution >= 0.6 is 0 Å².